The minimum atomic E-state index is -1.01. The largest absolute Gasteiger partial charge is 0.493 e. The number of carboxylic acids is 1. The molecule has 148 valence electrons. The Morgan fingerprint density at radius 3 is 2.43 bits per heavy atom. The lowest BCUT2D eigenvalue weighted by Crippen LogP contribution is -2.12. The van der Waals surface area contributed by atoms with Crippen molar-refractivity contribution in [3.05, 3.63) is 59.7 Å². The van der Waals surface area contributed by atoms with Crippen LogP contribution in [0.15, 0.2) is 48.5 Å². The minimum Gasteiger partial charge on any atom is -0.493 e. The molecule has 28 heavy (non-hydrogen) atoms. The van der Waals surface area contributed by atoms with Gasteiger partial charge in [0.15, 0.2) is 11.5 Å². The van der Waals surface area contributed by atoms with Gasteiger partial charge >= 0.3 is 5.97 Å². The van der Waals surface area contributed by atoms with E-state index < -0.39 is 5.97 Å². The molecule has 2 N–H and O–H groups in total. The van der Waals surface area contributed by atoms with E-state index in [0.717, 1.165) is 18.1 Å². The SMILES string of the molecule is COc1cc(C(=O)Nc2ccc(/C=C/C(=O)O)cc2)ccc1OCCC(C)C. The molecule has 2 rings (SSSR count). The number of anilines is 1. The molecule has 0 heterocycles. The van der Waals surface area contributed by atoms with Gasteiger partial charge in [-0.3, -0.25) is 4.79 Å². The second kappa shape index (κ2) is 10.2. The van der Waals surface area contributed by atoms with Gasteiger partial charge in [-0.2, -0.15) is 0 Å². The van der Waals surface area contributed by atoms with E-state index in [1.54, 1.807) is 42.5 Å². The van der Waals surface area contributed by atoms with Gasteiger partial charge < -0.3 is 19.9 Å². The smallest absolute Gasteiger partial charge is 0.328 e. The highest BCUT2D eigenvalue weighted by atomic mass is 16.5. The maximum Gasteiger partial charge on any atom is 0.328 e. The van der Waals surface area contributed by atoms with E-state index in [2.05, 4.69) is 19.2 Å². The fourth-order valence-corrected chi connectivity index (χ4v) is 2.38. The van der Waals surface area contributed by atoms with Crippen LogP contribution in [0.4, 0.5) is 5.69 Å². The Kier molecular flexibility index (Phi) is 7.63. The van der Waals surface area contributed by atoms with Gasteiger partial charge in [0.25, 0.3) is 5.91 Å². The topological polar surface area (TPSA) is 84.9 Å². The fraction of sp³-hybridized carbons (Fsp3) is 0.273. The Bertz CT molecular complexity index is 841. The van der Waals surface area contributed by atoms with Crippen LogP contribution >= 0.6 is 0 Å². The quantitative estimate of drug-likeness (QED) is 0.624. The Balaban J connectivity index is 2.04. The van der Waals surface area contributed by atoms with E-state index in [1.165, 1.54) is 13.2 Å². The molecule has 2 aromatic carbocycles. The van der Waals surface area contributed by atoms with Gasteiger partial charge in [0.05, 0.1) is 13.7 Å². The molecule has 0 saturated carbocycles. The summed E-state index contributed by atoms with van der Waals surface area (Å²) in [5, 5.41) is 11.4. The number of ether oxygens (including phenoxy) is 2. The molecule has 6 heteroatoms. The number of carbonyl (C=O) groups excluding carboxylic acids is 1. The third-order valence-electron chi connectivity index (χ3n) is 3.97. The average Bonchev–Trinajstić information content (AvgIpc) is 2.67. The first-order valence-electron chi connectivity index (χ1n) is 9.02. The minimum absolute atomic E-state index is 0.277. The number of amides is 1. The zero-order valence-corrected chi connectivity index (χ0v) is 16.3. The summed E-state index contributed by atoms with van der Waals surface area (Å²) in [7, 11) is 1.54. The van der Waals surface area contributed by atoms with Crippen molar-refractivity contribution in [3.8, 4) is 11.5 Å². The van der Waals surface area contributed by atoms with Crippen LogP contribution in [0.5, 0.6) is 11.5 Å². The van der Waals surface area contributed by atoms with Crippen molar-refractivity contribution in [3.63, 3.8) is 0 Å². The summed E-state index contributed by atoms with van der Waals surface area (Å²) in [6, 6.07) is 11.9. The first-order valence-corrected chi connectivity index (χ1v) is 9.02. The molecule has 1 amide bonds. The second-order valence-electron chi connectivity index (χ2n) is 6.64. The molecule has 0 spiro atoms. The van der Waals surface area contributed by atoms with E-state index in [-0.39, 0.29) is 5.91 Å². The molecular weight excluding hydrogens is 358 g/mol. The molecule has 0 aliphatic heterocycles. The molecule has 0 aliphatic rings. The van der Waals surface area contributed by atoms with Crippen LogP contribution in [-0.2, 0) is 4.79 Å². The number of hydrogen-bond acceptors (Lipinski definition) is 4. The van der Waals surface area contributed by atoms with Gasteiger partial charge in [0, 0.05) is 17.3 Å². The fourth-order valence-electron chi connectivity index (χ4n) is 2.38. The molecule has 0 atom stereocenters. The van der Waals surface area contributed by atoms with E-state index in [4.69, 9.17) is 14.6 Å². The van der Waals surface area contributed by atoms with Gasteiger partial charge in [0.1, 0.15) is 0 Å². The summed E-state index contributed by atoms with van der Waals surface area (Å²) in [6.07, 6.45) is 3.48. The number of methoxy groups -OCH3 is 1. The van der Waals surface area contributed by atoms with Gasteiger partial charge in [-0.25, -0.2) is 4.79 Å². The summed E-state index contributed by atoms with van der Waals surface area (Å²) in [4.78, 5) is 23.0. The highest BCUT2D eigenvalue weighted by Crippen LogP contribution is 2.29. The van der Waals surface area contributed by atoms with Gasteiger partial charge in [-0.05, 0) is 54.3 Å². The number of benzene rings is 2. The van der Waals surface area contributed by atoms with Crippen molar-refractivity contribution >= 4 is 23.6 Å². The standard InChI is InChI=1S/C22H25NO5/c1-15(2)12-13-28-19-10-7-17(14-20(19)27-3)22(26)23-18-8-4-16(5-9-18)6-11-21(24)25/h4-11,14-15H,12-13H2,1-3H3,(H,23,26)(H,24,25)/b11-6+. The van der Waals surface area contributed by atoms with Crippen LogP contribution in [0.2, 0.25) is 0 Å². The number of hydrogen-bond donors (Lipinski definition) is 2. The van der Waals surface area contributed by atoms with Crippen molar-refractivity contribution in [2.24, 2.45) is 5.92 Å². The third kappa shape index (κ3) is 6.46. The van der Waals surface area contributed by atoms with Crippen LogP contribution in [-0.4, -0.2) is 30.7 Å². The van der Waals surface area contributed by atoms with Crippen LogP contribution in [0.25, 0.3) is 6.08 Å². The third-order valence-corrected chi connectivity index (χ3v) is 3.97. The van der Waals surface area contributed by atoms with Gasteiger partial charge in [-0.1, -0.05) is 26.0 Å². The molecule has 6 nitrogen and oxygen atoms in total. The van der Waals surface area contributed by atoms with Gasteiger partial charge in [-0.15, -0.1) is 0 Å². The van der Waals surface area contributed by atoms with Crippen LogP contribution < -0.4 is 14.8 Å². The monoisotopic (exact) mass is 383 g/mol. The molecule has 0 saturated heterocycles. The zero-order chi connectivity index (χ0) is 20.5. The summed E-state index contributed by atoms with van der Waals surface area (Å²) >= 11 is 0. The molecule has 2 aromatic rings. The van der Waals surface area contributed by atoms with E-state index in [9.17, 15) is 9.59 Å². The lowest BCUT2D eigenvalue weighted by Gasteiger charge is -2.13. The Hall–Kier alpha value is -3.28. The summed E-state index contributed by atoms with van der Waals surface area (Å²) in [5.41, 5.74) is 1.78. The van der Waals surface area contributed by atoms with E-state index in [1.807, 2.05) is 0 Å². The number of carbonyl (C=O) groups is 2. The average molecular weight is 383 g/mol. The van der Waals surface area contributed by atoms with E-state index in [0.29, 0.717) is 35.3 Å². The predicted octanol–water partition coefficient (Wildman–Crippen LogP) is 4.47. The van der Waals surface area contributed by atoms with Crippen molar-refractivity contribution in [1.29, 1.82) is 0 Å². The van der Waals surface area contributed by atoms with E-state index >= 15 is 0 Å². The Labute approximate surface area is 164 Å². The highest BCUT2D eigenvalue weighted by Gasteiger charge is 2.12. The van der Waals surface area contributed by atoms with Crippen molar-refractivity contribution in [1.82, 2.24) is 0 Å². The van der Waals surface area contributed by atoms with Crippen LogP contribution in [0.1, 0.15) is 36.2 Å². The van der Waals surface area contributed by atoms with Crippen LogP contribution in [0.3, 0.4) is 0 Å². The molecule has 0 aliphatic carbocycles. The highest BCUT2D eigenvalue weighted by molar-refractivity contribution is 6.04. The summed E-state index contributed by atoms with van der Waals surface area (Å²) in [6.45, 7) is 4.84. The maximum absolute atomic E-state index is 12.5. The first kappa shape index (κ1) is 21.0. The van der Waals surface area contributed by atoms with Crippen molar-refractivity contribution in [2.75, 3.05) is 19.0 Å². The molecule has 0 fully saturated rings. The summed E-state index contributed by atoms with van der Waals surface area (Å²) < 4.78 is 11.1. The zero-order valence-electron chi connectivity index (χ0n) is 16.3. The number of carboxylic acid groups (broad SMARTS) is 1. The van der Waals surface area contributed by atoms with Crippen molar-refractivity contribution < 1.29 is 24.2 Å². The molecular formula is C22H25NO5. The molecule has 0 unspecified atom stereocenters. The Morgan fingerprint density at radius 1 is 1.11 bits per heavy atom. The predicted molar refractivity (Wildman–Crippen MR) is 109 cm³/mol. The molecule has 0 bridgehead atoms. The number of aliphatic carboxylic acids is 1. The maximum atomic E-state index is 12.5. The number of nitrogens with one attached hydrogen (secondary N) is 1. The molecule has 0 aromatic heterocycles. The normalized spacial score (nSPS) is 10.9. The number of rotatable bonds is 9. The first-order chi connectivity index (χ1) is 13.4. The lowest BCUT2D eigenvalue weighted by molar-refractivity contribution is -0.131. The summed E-state index contributed by atoms with van der Waals surface area (Å²) in [5.74, 6) is 0.366. The Morgan fingerprint density at radius 2 is 1.82 bits per heavy atom. The second-order valence-corrected chi connectivity index (χ2v) is 6.64. The lowest BCUT2D eigenvalue weighted by atomic mass is 10.1. The van der Waals surface area contributed by atoms with Crippen LogP contribution in [0, 0.1) is 5.92 Å². The van der Waals surface area contributed by atoms with Gasteiger partial charge in [0.2, 0.25) is 0 Å². The molecule has 0 radical (unpaired) electrons. The van der Waals surface area contributed by atoms with Crippen molar-refractivity contribution in [2.45, 2.75) is 20.3 Å².